The highest BCUT2D eigenvalue weighted by molar-refractivity contribution is 7.08. The van der Waals surface area contributed by atoms with E-state index < -0.39 is 11.7 Å². The number of carbonyl (C=O) groups excluding carboxylic acids is 1. The normalized spacial score (nSPS) is 14.8. The molecule has 4 rings (SSSR count). The Hall–Kier alpha value is -2.66. The van der Waals surface area contributed by atoms with E-state index >= 15 is 0 Å². The Labute approximate surface area is 184 Å². The number of piperazine rings is 1. The molecule has 0 N–H and O–H groups in total. The molecule has 0 spiro atoms. The number of rotatable bonds is 5. The van der Waals surface area contributed by atoms with Crippen molar-refractivity contribution in [1.82, 2.24) is 20.0 Å². The van der Waals surface area contributed by atoms with Gasteiger partial charge in [0.25, 0.3) is 0 Å². The molecule has 1 aliphatic heterocycles. The second-order valence-corrected chi connectivity index (χ2v) is 8.11. The number of hydrogen-bond acceptors (Lipinski definition) is 7. The van der Waals surface area contributed by atoms with Crippen molar-refractivity contribution in [3.8, 4) is 11.4 Å². The molecule has 4 heterocycles. The number of aromatic nitrogens is 3. The van der Waals surface area contributed by atoms with E-state index in [-0.39, 0.29) is 23.2 Å². The minimum atomic E-state index is -4.50. The Kier molecular flexibility index (Phi) is 6.15. The number of hydrogen-bond donors (Lipinski definition) is 0. The zero-order chi connectivity index (χ0) is 22.0. The third-order valence-corrected chi connectivity index (χ3v) is 5.84. The van der Waals surface area contributed by atoms with Crippen molar-refractivity contribution in [2.24, 2.45) is 0 Å². The molecule has 12 heteroatoms. The summed E-state index contributed by atoms with van der Waals surface area (Å²) in [5, 5.41) is 7.69. The summed E-state index contributed by atoms with van der Waals surface area (Å²) in [5.41, 5.74) is -0.0174. The van der Waals surface area contributed by atoms with Gasteiger partial charge in [0.1, 0.15) is 5.82 Å². The Bertz CT molecular complexity index is 1050. The van der Waals surface area contributed by atoms with Crippen LogP contribution in [0.1, 0.15) is 17.9 Å². The van der Waals surface area contributed by atoms with Gasteiger partial charge in [0.15, 0.2) is 0 Å². The van der Waals surface area contributed by atoms with Crippen LogP contribution in [0.25, 0.3) is 11.4 Å². The largest absolute Gasteiger partial charge is 0.417 e. The van der Waals surface area contributed by atoms with Crippen LogP contribution in [0.4, 0.5) is 19.0 Å². The van der Waals surface area contributed by atoms with Crippen LogP contribution in [0.5, 0.6) is 0 Å². The smallest absolute Gasteiger partial charge is 0.352 e. The quantitative estimate of drug-likeness (QED) is 0.556. The third kappa shape index (κ3) is 4.99. The Morgan fingerprint density at radius 3 is 2.68 bits per heavy atom. The van der Waals surface area contributed by atoms with Crippen LogP contribution in [0.2, 0.25) is 5.02 Å². The molecule has 1 fully saturated rings. The predicted molar refractivity (Wildman–Crippen MR) is 109 cm³/mol. The van der Waals surface area contributed by atoms with Crippen LogP contribution >= 0.6 is 22.9 Å². The van der Waals surface area contributed by atoms with Gasteiger partial charge in [-0.15, -0.1) is 0 Å². The van der Waals surface area contributed by atoms with Gasteiger partial charge >= 0.3 is 6.18 Å². The van der Waals surface area contributed by atoms with Gasteiger partial charge in [-0.3, -0.25) is 4.79 Å². The van der Waals surface area contributed by atoms with E-state index in [0.29, 0.717) is 44.3 Å². The number of amides is 1. The molecular formula is C19H17ClF3N5O2S. The fourth-order valence-electron chi connectivity index (χ4n) is 3.22. The number of pyridine rings is 1. The predicted octanol–water partition coefficient (Wildman–Crippen LogP) is 4.15. The lowest BCUT2D eigenvalue weighted by molar-refractivity contribution is -0.137. The summed E-state index contributed by atoms with van der Waals surface area (Å²) < 4.78 is 43.5. The first-order valence-electron chi connectivity index (χ1n) is 9.42. The zero-order valence-corrected chi connectivity index (χ0v) is 17.7. The van der Waals surface area contributed by atoms with Crippen molar-refractivity contribution < 1.29 is 22.5 Å². The second-order valence-electron chi connectivity index (χ2n) is 6.92. The molecule has 1 aliphatic rings. The van der Waals surface area contributed by atoms with Gasteiger partial charge in [-0.1, -0.05) is 16.8 Å². The topological polar surface area (TPSA) is 75.4 Å². The van der Waals surface area contributed by atoms with Crippen LogP contribution in [-0.2, 0) is 17.4 Å². The Balaban J connectivity index is 1.29. The molecule has 0 unspecified atom stereocenters. The number of halogens is 4. The van der Waals surface area contributed by atoms with Crippen molar-refractivity contribution in [2.75, 3.05) is 31.1 Å². The third-order valence-electron chi connectivity index (χ3n) is 4.88. The van der Waals surface area contributed by atoms with Crippen LogP contribution in [0, 0.1) is 0 Å². The minimum Gasteiger partial charge on any atom is -0.352 e. The fourth-order valence-corrected chi connectivity index (χ4v) is 4.14. The standard InChI is InChI=1S/C19H17ClF3N5O2S/c20-14-9-13(19(21,22)23)10-24-18(14)28-6-4-27(5-7-28)16(29)2-1-15-25-17(26-30-15)12-3-8-31-11-12/h3,8-11H,1-2,4-7H2. The molecule has 3 aromatic rings. The first kappa shape index (κ1) is 21.6. The fraction of sp³-hybridized carbons (Fsp3) is 0.368. The lowest BCUT2D eigenvalue weighted by Crippen LogP contribution is -2.49. The molecule has 3 aromatic heterocycles. The number of carbonyl (C=O) groups is 1. The lowest BCUT2D eigenvalue weighted by atomic mass is 10.2. The van der Waals surface area contributed by atoms with Crippen LogP contribution in [-0.4, -0.2) is 52.1 Å². The minimum absolute atomic E-state index is 0.0543. The maximum atomic E-state index is 12.8. The van der Waals surface area contributed by atoms with Crippen LogP contribution in [0.15, 0.2) is 33.6 Å². The molecule has 1 amide bonds. The van der Waals surface area contributed by atoms with E-state index in [1.54, 1.807) is 9.80 Å². The highest BCUT2D eigenvalue weighted by Gasteiger charge is 2.32. The highest BCUT2D eigenvalue weighted by Crippen LogP contribution is 2.33. The van der Waals surface area contributed by atoms with Gasteiger partial charge in [0, 0.05) is 56.2 Å². The number of anilines is 1. The van der Waals surface area contributed by atoms with Gasteiger partial charge in [-0.2, -0.15) is 29.5 Å². The van der Waals surface area contributed by atoms with E-state index in [4.69, 9.17) is 16.1 Å². The van der Waals surface area contributed by atoms with Crippen molar-refractivity contribution in [3.05, 3.63) is 45.6 Å². The van der Waals surface area contributed by atoms with E-state index in [0.717, 1.165) is 17.8 Å². The summed E-state index contributed by atoms with van der Waals surface area (Å²) >= 11 is 7.55. The van der Waals surface area contributed by atoms with Gasteiger partial charge in [0.05, 0.1) is 10.6 Å². The maximum Gasteiger partial charge on any atom is 0.417 e. The summed E-state index contributed by atoms with van der Waals surface area (Å²) in [6, 6.07) is 2.76. The molecule has 0 atom stereocenters. The summed E-state index contributed by atoms with van der Waals surface area (Å²) in [4.78, 5) is 24.2. The summed E-state index contributed by atoms with van der Waals surface area (Å²) in [5.74, 6) is 1.13. The van der Waals surface area contributed by atoms with E-state index in [1.165, 1.54) is 11.3 Å². The zero-order valence-electron chi connectivity index (χ0n) is 16.1. The van der Waals surface area contributed by atoms with Gasteiger partial charge in [0.2, 0.25) is 17.6 Å². The van der Waals surface area contributed by atoms with Crippen molar-refractivity contribution >= 4 is 34.7 Å². The molecule has 0 saturated carbocycles. The molecule has 0 bridgehead atoms. The molecule has 0 aliphatic carbocycles. The summed E-state index contributed by atoms with van der Waals surface area (Å²) in [7, 11) is 0. The highest BCUT2D eigenvalue weighted by atomic mass is 35.5. The van der Waals surface area contributed by atoms with Gasteiger partial charge in [-0.25, -0.2) is 4.98 Å². The summed E-state index contributed by atoms with van der Waals surface area (Å²) in [6.45, 7) is 1.68. The van der Waals surface area contributed by atoms with E-state index in [1.807, 2.05) is 16.8 Å². The van der Waals surface area contributed by atoms with E-state index in [9.17, 15) is 18.0 Å². The first-order chi connectivity index (χ1) is 14.8. The Morgan fingerprint density at radius 1 is 1.26 bits per heavy atom. The number of alkyl halides is 3. The average Bonchev–Trinajstić information content (AvgIpc) is 3.43. The van der Waals surface area contributed by atoms with Crippen molar-refractivity contribution in [2.45, 2.75) is 19.0 Å². The molecule has 1 saturated heterocycles. The average molecular weight is 472 g/mol. The van der Waals surface area contributed by atoms with Crippen molar-refractivity contribution in [1.29, 1.82) is 0 Å². The number of nitrogens with zero attached hydrogens (tertiary/aromatic N) is 5. The van der Waals surface area contributed by atoms with Crippen molar-refractivity contribution in [3.63, 3.8) is 0 Å². The number of thiophene rings is 1. The molecule has 7 nitrogen and oxygen atoms in total. The SMILES string of the molecule is O=C(CCc1nc(-c2ccsc2)no1)N1CCN(c2ncc(C(F)(F)F)cc2Cl)CC1. The summed E-state index contributed by atoms with van der Waals surface area (Å²) in [6.07, 6.45) is -3.16. The van der Waals surface area contributed by atoms with Crippen LogP contribution in [0.3, 0.4) is 0 Å². The van der Waals surface area contributed by atoms with Gasteiger partial charge < -0.3 is 14.3 Å². The second kappa shape index (κ2) is 8.83. The maximum absolute atomic E-state index is 12.8. The molecule has 31 heavy (non-hydrogen) atoms. The van der Waals surface area contributed by atoms with E-state index in [2.05, 4.69) is 15.1 Å². The molecule has 164 valence electrons. The Morgan fingerprint density at radius 2 is 2.03 bits per heavy atom. The molecule has 0 aromatic carbocycles. The van der Waals surface area contributed by atoms with Crippen LogP contribution < -0.4 is 4.90 Å². The lowest BCUT2D eigenvalue weighted by Gasteiger charge is -2.35. The molecular weight excluding hydrogens is 455 g/mol. The number of aryl methyl sites for hydroxylation is 1. The van der Waals surface area contributed by atoms with Gasteiger partial charge in [-0.05, 0) is 17.5 Å². The molecule has 0 radical (unpaired) electrons. The monoisotopic (exact) mass is 471 g/mol. The first-order valence-corrected chi connectivity index (χ1v) is 10.7.